The van der Waals surface area contributed by atoms with E-state index in [4.69, 9.17) is 4.74 Å². The van der Waals surface area contributed by atoms with Crippen LogP contribution in [0.1, 0.15) is 30.0 Å². The number of aryl methyl sites for hydroxylation is 1. The molecule has 3 rings (SSSR count). The van der Waals surface area contributed by atoms with Crippen LogP contribution in [0.3, 0.4) is 0 Å². The van der Waals surface area contributed by atoms with E-state index in [2.05, 4.69) is 61.7 Å². The molecule has 1 heterocycles. The summed E-state index contributed by atoms with van der Waals surface area (Å²) in [6.07, 6.45) is 6.89. The molecule has 0 amide bonds. The maximum Gasteiger partial charge on any atom is 0.122 e. The van der Waals surface area contributed by atoms with Gasteiger partial charge in [-0.15, -0.1) is 0 Å². The van der Waals surface area contributed by atoms with E-state index in [1.54, 1.807) is 0 Å². The van der Waals surface area contributed by atoms with Crippen LogP contribution in [-0.4, -0.2) is 17.6 Å². The minimum Gasteiger partial charge on any atom is -0.490 e. The zero-order valence-corrected chi connectivity index (χ0v) is 14.2. The van der Waals surface area contributed by atoms with Gasteiger partial charge in [-0.05, 0) is 48.3 Å². The number of rotatable bonds is 5. The Labute approximate surface area is 138 Å². The Balaban J connectivity index is 1.66. The second kappa shape index (κ2) is 7.23. The molecule has 0 aromatic heterocycles. The van der Waals surface area contributed by atoms with E-state index in [0.29, 0.717) is 11.4 Å². The molecule has 2 aromatic rings. The lowest BCUT2D eigenvalue weighted by Gasteiger charge is -2.27. The highest BCUT2D eigenvalue weighted by atomic mass is 32.2. The van der Waals surface area contributed by atoms with Crippen LogP contribution in [0.2, 0.25) is 0 Å². The molecule has 1 aliphatic rings. The summed E-state index contributed by atoms with van der Waals surface area (Å²) in [5.74, 6) is 1.09. The molecule has 0 fully saturated rings. The first-order valence-corrected chi connectivity index (χ1v) is 9.38. The first kappa shape index (κ1) is 15.5. The molecule has 2 aromatic carbocycles. The van der Waals surface area contributed by atoms with Gasteiger partial charge in [-0.2, -0.15) is 11.8 Å². The molecule has 0 bridgehead atoms. The monoisotopic (exact) mass is 312 g/mol. The Morgan fingerprint density at radius 3 is 2.73 bits per heavy atom. The molecule has 2 atom stereocenters. The third-order valence-electron chi connectivity index (χ3n) is 4.39. The molecule has 0 saturated heterocycles. The number of fused-ring (bicyclic) bond motifs is 1. The van der Waals surface area contributed by atoms with Crippen molar-refractivity contribution >= 4 is 11.8 Å². The molecule has 22 heavy (non-hydrogen) atoms. The number of benzene rings is 2. The Morgan fingerprint density at radius 2 is 1.95 bits per heavy atom. The smallest absolute Gasteiger partial charge is 0.122 e. The van der Waals surface area contributed by atoms with Crippen molar-refractivity contribution in [1.82, 2.24) is 0 Å². The second-order valence-corrected chi connectivity index (χ2v) is 7.44. The molecule has 116 valence electrons. The van der Waals surface area contributed by atoms with Crippen LogP contribution in [0.5, 0.6) is 5.75 Å². The highest BCUT2D eigenvalue weighted by Crippen LogP contribution is 2.30. The predicted molar refractivity (Wildman–Crippen MR) is 96.0 cm³/mol. The Bertz CT molecular complexity index is 608. The molecule has 1 nitrogen and oxygen atoms in total. The maximum atomic E-state index is 6.22. The van der Waals surface area contributed by atoms with Crippen molar-refractivity contribution in [3.8, 4) is 5.75 Å². The van der Waals surface area contributed by atoms with E-state index in [9.17, 15) is 0 Å². The van der Waals surface area contributed by atoms with E-state index in [1.165, 1.54) is 16.7 Å². The van der Waals surface area contributed by atoms with E-state index < -0.39 is 0 Å². The van der Waals surface area contributed by atoms with Gasteiger partial charge >= 0.3 is 0 Å². The standard InChI is InChI=1S/C20H24OS/c1-15(22-2)12-17-8-11-20-18(13-17)9-10-19(21-20)14-16-6-4-3-5-7-16/h3-8,11,13,15,19H,9-10,12,14H2,1-2H3. The fourth-order valence-corrected chi connectivity index (χ4v) is 3.42. The number of hydrogen-bond donors (Lipinski definition) is 0. The quantitative estimate of drug-likeness (QED) is 0.775. The van der Waals surface area contributed by atoms with Gasteiger partial charge in [0.2, 0.25) is 0 Å². The fourth-order valence-electron chi connectivity index (χ4n) is 3.06. The van der Waals surface area contributed by atoms with Crippen molar-refractivity contribution in [2.24, 2.45) is 0 Å². The lowest BCUT2D eigenvalue weighted by atomic mass is 9.95. The van der Waals surface area contributed by atoms with E-state index in [0.717, 1.165) is 31.4 Å². The average molecular weight is 312 g/mol. The zero-order valence-electron chi connectivity index (χ0n) is 13.4. The summed E-state index contributed by atoms with van der Waals surface area (Å²) in [6.45, 7) is 2.29. The maximum absolute atomic E-state index is 6.22. The van der Waals surface area contributed by atoms with Gasteiger partial charge in [-0.1, -0.05) is 49.4 Å². The Hall–Kier alpha value is -1.41. The first-order chi connectivity index (χ1) is 10.7. The molecule has 2 heteroatoms. The summed E-state index contributed by atoms with van der Waals surface area (Å²) in [5, 5.41) is 0.674. The van der Waals surface area contributed by atoms with Crippen molar-refractivity contribution in [2.45, 2.75) is 44.0 Å². The van der Waals surface area contributed by atoms with Gasteiger partial charge in [0.15, 0.2) is 0 Å². The molecule has 1 aliphatic heterocycles. The molecular weight excluding hydrogens is 288 g/mol. The van der Waals surface area contributed by atoms with Gasteiger partial charge in [0.1, 0.15) is 11.9 Å². The van der Waals surface area contributed by atoms with Gasteiger partial charge in [0.05, 0.1) is 0 Å². The summed E-state index contributed by atoms with van der Waals surface area (Å²) < 4.78 is 6.22. The van der Waals surface area contributed by atoms with Crippen LogP contribution in [0, 0.1) is 0 Å². The summed E-state index contributed by atoms with van der Waals surface area (Å²) in [4.78, 5) is 0. The SMILES string of the molecule is CSC(C)Cc1ccc2c(c1)CCC(Cc1ccccc1)O2. The molecule has 0 radical (unpaired) electrons. The van der Waals surface area contributed by atoms with E-state index in [-0.39, 0.29) is 0 Å². The highest BCUT2D eigenvalue weighted by molar-refractivity contribution is 7.99. The minimum absolute atomic E-state index is 0.311. The van der Waals surface area contributed by atoms with Gasteiger partial charge in [0.25, 0.3) is 0 Å². The first-order valence-electron chi connectivity index (χ1n) is 8.10. The van der Waals surface area contributed by atoms with Crippen LogP contribution in [0.25, 0.3) is 0 Å². The fraction of sp³-hybridized carbons (Fsp3) is 0.400. The molecule has 0 aliphatic carbocycles. The lowest BCUT2D eigenvalue weighted by Crippen LogP contribution is -2.25. The van der Waals surface area contributed by atoms with Crippen molar-refractivity contribution in [1.29, 1.82) is 0 Å². The van der Waals surface area contributed by atoms with Gasteiger partial charge in [-0.25, -0.2) is 0 Å². The van der Waals surface area contributed by atoms with Crippen LogP contribution in [-0.2, 0) is 19.3 Å². The summed E-state index contributed by atoms with van der Waals surface area (Å²) in [6, 6.07) is 17.4. The molecule has 0 N–H and O–H groups in total. The number of thioether (sulfide) groups is 1. The van der Waals surface area contributed by atoms with Crippen molar-refractivity contribution < 1.29 is 4.74 Å². The third kappa shape index (κ3) is 3.86. The van der Waals surface area contributed by atoms with Crippen LogP contribution >= 0.6 is 11.8 Å². The zero-order chi connectivity index (χ0) is 15.4. The van der Waals surface area contributed by atoms with Gasteiger partial charge < -0.3 is 4.74 Å². The van der Waals surface area contributed by atoms with Crippen LogP contribution < -0.4 is 4.74 Å². The normalized spacial score (nSPS) is 18.4. The molecular formula is C20H24OS. The Kier molecular flexibility index (Phi) is 5.09. The van der Waals surface area contributed by atoms with E-state index in [1.807, 2.05) is 11.8 Å². The van der Waals surface area contributed by atoms with Crippen LogP contribution in [0.15, 0.2) is 48.5 Å². The van der Waals surface area contributed by atoms with Crippen LogP contribution in [0.4, 0.5) is 0 Å². The summed E-state index contributed by atoms with van der Waals surface area (Å²) in [7, 11) is 0. The van der Waals surface area contributed by atoms with Crippen molar-refractivity contribution in [3.63, 3.8) is 0 Å². The minimum atomic E-state index is 0.311. The van der Waals surface area contributed by atoms with Crippen molar-refractivity contribution in [3.05, 3.63) is 65.2 Å². The van der Waals surface area contributed by atoms with Gasteiger partial charge in [-0.3, -0.25) is 0 Å². The molecule has 0 spiro atoms. The molecule has 2 unspecified atom stereocenters. The van der Waals surface area contributed by atoms with Crippen molar-refractivity contribution in [2.75, 3.05) is 6.26 Å². The Morgan fingerprint density at radius 1 is 1.14 bits per heavy atom. The number of hydrogen-bond acceptors (Lipinski definition) is 2. The largest absolute Gasteiger partial charge is 0.490 e. The highest BCUT2D eigenvalue weighted by Gasteiger charge is 2.20. The molecule has 0 saturated carbocycles. The summed E-state index contributed by atoms with van der Waals surface area (Å²) >= 11 is 1.93. The number of ether oxygens (including phenoxy) is 1. The third-order valence-corrected chi connectivity index (χ3v) is 5.36. The summed E-state index contributed by atoms with van der Waals surface area (Å²) in [5.41, 5.74) is 4.18. The predicted octanol–water partition coefficient (Wildman–Crippen LogP) is 4.92. The van der Waals surface area contributed by atoms with E-state index >= 15 is 0 Å². The lowest BCUT2D eigenvalue weighted by molar-refractivity contribution is 0.174. The average Bonchev–Trinajstić information content (AvgIpc) is 2.56. The second-order valence-electron chi connectivity index (χ2n) is 6.16. The topological polar surface area (TPSA) is 9.23 Å². The van der Waals surface area contributed by atoms with Gasteiger partial charge in [0, 0.05) is 11.7 Å².